The summed E-state index contributed by atoms with van der Waals surface area (Å²) in [4.78, 5) is 0. The van der Waals surface area contributed by atoms with Crippen LogP contribution >= 0.6 is 0 Å². The van der Waals surface area contributed by atoms with Gasteiger partial charge in [0.1, 0.15) is 17.4 Å². The summed E-state index contributed by atoms with van der Waals surface area (Å²) in [6.45, 7) is 3.75. The largest absolute Gasteiger partial charge is 0.467 e. The molecule has 2 nitrogen and oxygen atoms in total. The van der Waals surface area contributed by atoms with Crippen molar-refractivity contribution in [2.24, 2.45) is 0 Å². The number of rotatable bonds is 3. The molecule has 0 aliphatic carbocycles. The third-order valence-electron chi connectivity index (χ3n) is 2.66. The van der Waals surface area contributed by atoms with Gasteiger partial charge in [-0.05, 0) is 37.1 Å². The first-order valence-electron chi connectivity index (χ1n) is 5.30. The normalized spacial score (nSPS) is 10.6. The van der Waals surface area contributed by atoms with Crippen LogP contribution in [0.1, 0.15) is 16.9 Å². The van der Waals surface area contributed by atoms with Crippen LogP contribution in [0.3, 0.4) is 0 Å². The molecule has 0 aliphatic rings. The molecular weight excluding hydrogens is 224 g/mol. The molecule has 1 heterocycles. The lowest BCUT2D eigenvalue weighted by Gasteiger charge is -2.08. The van der Waals surface area contributed by atoms with Crippen molar-refractivity contribution < 1.29 is 13.2 Å². The van der Waals surface area contributed by atoms with Crippen molar-refractivity contribution in [2.75, 3.05) is 5.32 Å². The van der Waals surface area contributed by atoms with E-state index in [1.54, 1.807) is 6.26 Å². The van der Waals surface area contributed by atoms with Gasteiger partial charge in [-0.2, -0.15) is 0 Å². The third kappa shape index (κ3) is 2.46. The lowest BCUT2D eigenvalue weighted by Crippen LogP contribution is -2.03. The minimum Gasteiger partial charge on any atom is -0.467 e. The molecule has 0 spiro atoms. The van der Waals surface area contributed by atoms with Crippen LogP contribution in [0.15, 0.2) is 28.9 Å². The number of furan rings is 1. The molecule has 4 heteroatoms. The Morgan fingerprint density at radius 1 is 1.12 bits per heavy atom. The van der Waals surface area contributed by atoms with E-state index >= 15 is 0 Å². The summed E-state index contributed by atoms with van der Waals surface area (Å²) in [7, 11) is 0. The Hall–Kier alpha value is -1.84. The minimum absolute atomic E-state index is 0.143. The predicted octanol–water partition coefficient (Wildman–Crippen LogP) is 3.79. The second kappa shape index (κ2) is 4.57. The molecule has 2 rings (SSSR count). The van der Waals surface area contributed by atoms with Gasteiger partial charge in [0.05, 0.1) is 18.5 Å². The SMILES string of the molecule is Cc1cc(F)c(NCc2occc2C)cc1F. The molecule has 0 radical (unpaired) electrons. The molecule has 0 unspecified atom stereocenters. The number of aryl methyl sites for hydroxylation is 2. The van der Waals surface area contributed by atoms with Gasteiger partial charge in [0.25, 0.3) is 0 Å². The summed E-state index contributed by atoms with van der Waals surface area (Å²) < 4.78 is 32.0. The lowest BCUT2D eigenvalue weighted by atomic mass is 10.2. The lowest BCUT2D eigenvalue weighted by molar-refractivity contribution is 0.514. The van der Waals surface area contributed by atoms with E-state index in [1.807, 2.05) is 13.0 Å². The van der Waals surface area contributed by atoms with E-state index < -0.39 is 11.6 Å². The van der Waals surface area contributed by atoms with Crippen molar-refractivity contribution in [1.29, 1.82) is 0 Å². The van der Waals surface area contributed by atoms with Gasteiger partial charge in [-0.1, -0.05) is 0 Å². The van der Waals surface area contributed by atoms with Crippen molar-refractivity contribution in [1.82, 2.24) is 0 Å². The Balaban J connectivity index is 2.14. The quantitative estimate of drug-likeness (QED) is 0.878. The van der Waals surface area contributed by atoms with E-state index in [9.17, 15) is 8.78 Å². The summed E-state index contributed by atoms with van der Waals surface area (Å²) in [6, 6.07) is 4.15. The summed E-state index contributed by atoms with van der Waals surface area (Å²) in [6.07, 6.45) is 1.57. The zero-order valence-corrected chi connectivity index (χ0v) is 9.68. The number of hydrogen-bond acceptors (Lipinski definition) is 2. The molecule has 0 bridgehead atoms. The average Bonchev–Trinajstić information content (AvgIpc) is 2.68. The van der Waals surface area contributed by atoms with Gasteiger partial charge in [-0.15, -0.1) is 0 Å². The maximum Gasteiger partial charge on any atom is 0.146 e. The second-order valence-electron chi connectivity index (χ2n) is 3.96. The fourth-order valence-electron chi connectivity index (χ4n) is 1.54. The Labute approximate surface area is 98.3 Å². The van der Waals surface area contributed by atoms with E-state index in [-0.39, 0.29) is 5.69 Å². The van der Waals surface area contributed by atoms with Crippen molar-refractivity contribution in [3.05, 3.63) is 53.0 Å². The summed E-state index contributed by atoms with van der Waals surface area (Å²) in [5, 5.41) is 2.82. The van der Waals surface area contributed by atoms with Crippen LogP contribution in [0.5, 0.6) is 0 Å². The summed E-state index contributed by atoms with van der Waals surface area (Å²) in [5.74, 6) is -0.177. The highest BCUT2D eigenvalue weighted by Crippen LogP contribution is 2.20. The smallest absolute Gasteiger partial charge is 0.146 e. The summed E-state index contributed by atoms with van der Waals surface area (Å²) >= 11 is 0. The molecule has 17 heavy (non-hydrogen) atoms. The maximum atomic E-state index is 13.5. The van der Waals surface area contributed by atoms with Gasteiger partial charge in [0, 0.05) is 6.07 Å². The Kier molecular flexibility index (Phi) is 3.13. The number of halogens is 2. The van der Waals surface area contributed by atoms with Crippen molar-refractivity contribution >= 4 is 5.69 Å². The zero-order chi connectivity index (χ0) is 12.4. The maximum absolute atomic E-state index is 13.5. The molecule has 1 N–H and O–H groups in total. The number of benzene rings is 1. The van der Waals surface area contributed by atoms with Gasteiger partial charge >= 0.3 is 0 Å². The molecular formula is C13H13F2NO. The monoisotopic (exact) mass is 237 g/mol. The van der Waals surface area contributed by atoms with Crippen LogP contribution in [-0.2, 0) is 6.54 Å². The molecule has 2 aromatic rings. The van der Waals surface area contributed by atoms with Crippen molar-refractivity contribution in [2.45, 2.75) is 20.4 Å². The molecule has 1 aromatic carbocycles. The first-order valence-corrected chi connectivity index (χ1v) is 5.30. The van der Waals surface area contributed by atoms with Crippen LogP contribution < -0.4 is 5.32 Å². The number of hydrogen-bond donors (Lipinski definition) is 1. The standard InChI is InChI=1S/C13H13F2NO/c1-8-3-4-17-13(8)7-16-12-6-10(14)9(2)5-11(12)15/h3-6,16H,7H2,1-2H3. The van der Waals surface area contributed by atoms with Gasteiger partial charge < -0.3 is 9.73 Å². The fourth-order valence-corrected chi connectivity index (χ4v) is 1.54. The van der Waals surface area contributed by atoms with E-state index in [2.05, 4.69) is 5.32 Å². The zero-order valence-electron chi connectivity index (χ0n) is 9.68. The first kappa shape index (κ1) is 11.6. The summed E-state index contributed by atoms with van der Waals surface area (Å²) in [5.41, 5.74) is 1.41. The average molecular weight is 237 g/mol. The van der Waals surface area contributed by atoms with Crippen molar-refractivity contribution in [3.8, 4) is 0 Å². The van der Waals surface area contributed by atoms with Gasteiger partial charge in [-0.25, -0.2) is 8.78 Å². The van der Waals surface area contributed by atoms with Gasteiger partial charge in [-0.3, -0.25) is 0 Å². The molecule has 1 aromatic heterocycles. The predicted molar refractivity (Wildman–Crippen MR) is 61.9 cm³/mol. The highest BCUT2D eigenvalue weighted by atomic mass is 19.1. The number of nitrogens with one attached hydrogen (secondary N) is 1. The van der Waals surface area contributed by atoms with Gasteiger partial charge in [0.2, 0.25) is 0 Å². The second-order valence-corrected chi connectivity index (χ2v) is 3.96. The highest BCUT2D eigenvalue weighted by Gasteiger charge is 2.08. The first-order chi connectivity index (χ1) is 8.08. The fraction of sp³-hybridized carbons (Fsp3) is 0.231. The van der Waals surface area contributed by atoms with E-state index in [4.69, 9.17) is 4.42 Å². The molecule has 0 fully saturated rings. The van der Waals surface area contributed by atoms with E-state index in [0.717, 1.165) is 11.6 Å². The van der Waals surface area contributed by atoms with E-state index in [1.165, 1.54) is 13.0 Å². The Morgan fingerprint density at radius 3 is 2.53 bits per heavy atom. The van der Waals surface area contributed by atoms with E-state index in [0.29, 0.717) is 17.9 Å². The Bertz CT molecular complexity index is 534. The topological polar surface area (TPSA) is 25.2 Å². The van der Waals surface area contributed by atoms with Crippen LogP contribution in [0.2, 0.25) is 0 Å². The Morgan fingerprint density at radius 2 is 1.88 bits per heavy atom. The van der Waals surface area contributed by atoms with Crippen LogP contribution in [0, 0.1) is 25.5 Å². The molecule has 0 atom stereocenters. The third-order valence-corrected chi connectivity index (χ3v) is 2.66. The minimum atomic E-state index is -0.465. The van der Waals surface area contributed by atoms with Crippen molar-refractivity contribution in [3.63, 3.8) is 0 Å². The molecule has 90 valence electrons. The highest BCUT2D eigenvalue weighted by molar-refractivity contribution is 5.47. The number of anilines is 1. The molecule has 0 saturated heterocycles. The molecule has 0 saturated carbocycles. The van der Waals surface area contributed by atoms with Crippen LogP contribution in [0.25, 0.3) is 0 Å². The van der Waals surface area contributed by atoms with Crippen LogP contribution in [-0.4, -0.2) is 0 Å². The van der Waals surface area contributed by atoms with Crippen LogP contribution in [0.4, 0.5) is 14.5 Å². The van der Waals surface area contributed by atoms with Gasteiger partial charge in [0.15, 0.2) is 0 Å². The molecule has 0 amide bonds. The molecule has 0 aliphatic heterocycles.